The Balaban J connectivity index is 5.43. The summed E-state index contributed by atoms with van der Waals surface area (Å²) in [6.07, 6.45) is -8.06. The summed E-state index contributed by atoms with van der Waals surface area (Å²) < 4.78 is 121. The molecule has 0 aliphatic rings. The third-order valence-electron chi connectivity index (χ3n) is 4.47. The van der Waals surface area contributed by atoms with Gasteiger partial charge in [0.2, 0.25) is 0 Å². The van der Waals surface area contributed by atoms with Crippen LogP contribution < -0.4 is 0 Å². The Morgan fingerprint density at radius 3 is 1.94 bits per heavy atom. The Bertz CT molecular complexity index is 642. The van der Waals surface area contributed by atoms with Gasteiger partial charge in [0.1, 0.15) is 0 Å². The first-order chi connectivity index (χ1) is 13.9. The highest BCUT2D eigenvalue weighted by Crippen LogP contribution is 2.54. The molecule has 0 aliphatic heterocycles. The highest BCUT2D eigenvalue weighted by Gasteiger charge is 2.81. The topological polar surface area (TPSA) is 63.6 Å². The van der Waals surface area contributed by atoms with Crippen LogP contribution in [0.5, 0.6) is 0 Å². The zero-order valence-electron chi connectivity index (χ0n) is 16.7. The molecule has 0 aromatic heterocycles. The number of alkyl halides is 9. The molecule has 1 atom stereocenters. The normalized spacial score (nSPS) is 15.0. The Kier molecular flexibility index (Phi) is 10.4. The van der Waals surface area contributed by atoms with E-state index in [2.05, 4.69) is 0 Å². The maximum absolute atomic E-state index is 13.6. The van der Waals surface area contributed by atoms with Gasteiger partial charge >= 0.3 is 35.9 Å². The molecule has 0 aliphatic carbocycles. The Labute approximate surface area is 172 Å². The average Bonchev–Trinajstić information content (AvgIpc) is 2.63. The first-order valence-electron chi connectivity index (χ1n) is 9.25. The molecule has 4 nitrogen and oxygen atoms in total. The molecule has 0 radical (unpaired) electrons. The van der Waals surface area contributed by atoms with Gasteiger partial charge in [0, 0.05) is 18.1 Å². The number of carbonyl (C=O) groups excluding carboxylic acids is 1. The molecule has 182 valence electrons. The molecule has 31 heavy (non-hydrogen) atoms. The van der Waals surface area contributed by atoms with Crippen LogP contribution in [0.4, 0.5) is 39.5 Å². The Morgan fingerprint density at radius 1 is 0.968 bits per heavy atom. The number of aliphatic carboxylic acids is 1. The predicted octanol–water partition coefficient (Wildman–Crippen LogP) is 6.01. The molecule has 0 heterocycles. The van der Waals surface area contributed by atoms with Crippen LogP contribution in [0.15, 0.2) is 11.6 Å². The lowest BCUT2D eigenvalue weighted by Crippen LogP contribution is -2.60. The molecule has 0 fully saturated rings. The largest absolute Gasteiger partial charge is 0.478 e. The molecular formula is C18H23F9O4. The third-order valence-corrected chi connectivity index (χ3v) is 4.47. The summed E-state index contributed by atoms with van der Waals surface area (Å²) in [6, 6.07) is 0. The minimum Gasteiger partial charge on any atom is -0.478 e. The van der Waals surface area contributed by atoms with Crippen LogP contribution in [0.1, 0.15) is 52.4 Å². The Hall–Kier alpha value is -1.95. The van der Waals surface area contributed by atoms with Gasteiger partial charge in [0.15, 0.2) is 0 Å². The zero-order chi connectivity index (χ0) is 24.7. The molecule has 1 unspecified atom stereocenters. The van der Waals surface area contributed by atoms with Crippen LogP contribution in [-0.2, 0) is 14.3 Å². The van der Waals surface area contributed by atoms with Crippen LogP contribution in [-0.4, -0.2) is 47.6 Å². The second-order valence-electron chi connectivity index (χ2n) is 6.87. The summed E-state index contributed by atoms with van der Waals surface area (Å²) in [5.41, 5.74) is -1.08. The first kappa shape index (κ1) is 29.1. The molecule has 0 amide bonds. The maximum Gasteiger partial charge on any atom is 0.460 e. The fourth-order valence-electron chi connectivity index (χ4n) is 2.42. The molecular weight excluding hydrogens is 451 g/mol. The van der Waals surface area contributed by atoms with Gasteiger partial charge in [-0.1, -0.05) is 33.1 Å². The summed E-state index contributed by atoms with van der Waals surface area (Å²) in [5, 5.41) is 8.71. The first-order valence-corrected chi connectivity index (χ1v) is 9.25. The van der Waals surface area contributed by atoms with Crippen molar-refractivity contribution in [2.45, 2.75) is 76.3 Å². The summed E-state index contributed by atoms with van der Waals surface area (Å²) in [4.78, 5) is 22.8. The van der Waals surface area contributed by atoms with Gasteiger partial charge in [-0.3, -0.25) is 0 Å². The van der Waals surface area contributed by atoms with Crippen molar-refractivity contribution in [3.8, 4) is 0 Å². The van der Waals surface area contributed by atoms with E-state index < -0.39 is 54.3 Å². The van der Waals surface area contributed by atoms with E-state index in [0.717, 1.165) is 12.8 Å². The van der Waals surface area contributed by atoms with Gasteiger partial charge in [-0.2, -0.15) is 39.5 Å². The number of hydrogen-bond donors (Lipinski definition) is 1. The summed E-state index contributed by atoms with van der Waals surface area (Å²) in [6.45, 7) is 3.40. The number of unbranched alkanes of at least 4 members (excludes halogenated alkanes) is 1. The quantitative estimate of drug-likeness (QED) is 0.202. The van der Waals surface area contributed by atoms with Crippen LogP contribution in [0, 0.1) is 5.92 Å². The Morgan fingerprint density at radius 2 is 1.52 bits per heavy atom. The lowest BCUT2D eigenvalue weighted by molar-refractivity contribution is -0.396. The highest BCUT2D eigenvalue weighted by molar-refractivity contribution is 5.95. The van der Waals surface area contributed by atoms with E-state index in [1.54, 1.807) is 6.92 Å². The molecule has 0 bridgehead atoms. The monoisotopic (exact) mass is 474 g/mol. The lowest BCUT2D eigenvalue weighted by Gasteiger charge is -2.33. The van der Waals surface area contributed by atoms with Gasteiger partial charge in [-0.25, -0.2) is 9.59 Å². The molecule has 0 aromatic rings. The number of carbonyl (C=O) groups is 2. The molecule has 0 saturated carbocycles. The van der Waals surface area contributed by atoms with Crippen molar-refractivity contribution in [3.05, 3.63) is 11.6 Å². The molecule has 0 spiro atoms. The van der Waals surface area contributed by atoms with Gasteiger partial charge in [-0.15, -0.1) is 0 Å². The van der Waals surface area contributed by atoms with Crippen molar-refractivity contribution in [2.75, 3.05) is 6.61 Å². The van der Waals surface area contributed by atoms with E-state index >= 15 is 0 Å². The predicted molar refractivity (Wildman–Crippen MR) is 90.1 cm³/mol. The molecule has 0 rings (SSSR count). The second-order valence-corrected chi connectivity index (χ2v) is 6.87. The number of rotatable bonds is 13. The van der Waals surface area contributed by atoms with E-state index in [4.69, 9.17) is 9.84 Å². The van der Waals surface area contributed by atoms with Crippen molar-refractivity contribution >= 4 is 11.9 Å². The maximum atomic E-state index is 13.6. The van der Waals surface area contributed by atoms with Crippen molar-refractivity contribution in [3.63, 3.8) is 0 Å². The van der Waals surface area contributed by atoms with E-state index in [-0.39, 0.29) is 18.6 Å². The number of esters is 1. The van der Waals surface area contributed by atoms with E-state index in [0.29, 0.717) is 12.8 Å². The SMILES string of the molecule is CCCCC(CC)COC(=O)/C(=C\C(=O)O)CCC(F)(F)C(F)(F)C(F)(F)C(F)(F)F. The third kappa shape index (κ3) is 7.60. The average molecular weight is 474 g/mol. The van der Waals surface area contributed by atoms with E-state index in [1.165, 1.54) is 0 Å². The molecule has 1 N–H and O–H groups in total. The van der Waals surface area contributed by atoms with Crippen molar-refractivity contribution in [1.82, 2.24) is 0 Å². The van der Waals surface area contributed by atoms with Crippen LogP contribution in [0.3, 0.4) is 0 Å². The van der Waals surface area contributed by atoms with Crippen LogP contribution in [0.2, 0.25) is 0 Å². The van der Waals surface area contributed by atoms with Crippen LogP contribution >= 0.6 is 0 Å². The minimum absolute atomic E-state index is 0.0471. The van der Waals surface area contributed by atoms with Gasteiger partial charge < -0.3 is 9.84 Å². The van der Waals surface area contributed by atoms with E-state index in [1.807, 2.05) is 6.92 Å². The minimum atomic E-state index is -7.06. The summed E-state index contributed by atoms with van der Waals surface area (Å²) in [7, 11) is 0. The second kappa shape index (κ2) is 11.1. The standard InChI is InChI=1S/C18H23F9O4/c1-3-5-6-11(4-2)10-31-14(30)12(9-13(28)29)7-8-15(19,20)16(21,22)17(23,24)18(25,26)27/h9,11H,3-8,10H2,1-2H3,(H,28,29)/b12-9-. The number of hydrogen-bond acceptors (Lipinski definition) is 3. The highest BCUT2D eigenvalue weighted by atomic mass is 19.4. The zero-order valence-corrected chi connectivity index (χ0v) is 16.7. The van der Waals surface area contributed by atoms with Gasteiger partial charge in [-0.05, 0) is 18.8 Å². The lowest BCUT2D eigenvalue weighted by atomic mass is 9.97. The summed E-state index contributed by atoms with van der Waals surface area (Å²) >= 11 is 0. The molecule has 0 aromatic carbocycles. The molecule has 13 heteroatoms. The number of halogens is 9. The van der Waals surface area contributed by atoms with E-state index in [9.17, 15) is 49.1 Å². The number of ether oxygens (including phenoxy) is 1. The van der Waals surface area contributed by atoms with Crippen molar-refractivity contribution in [1.29, 1.82) is 0 Å². The van der Waals surface area contributed by atoms with Gasteiger partial charge in [0.05, 0.1) is 6.61 Å². The van der Waals surface area contributed by atoms with Crippen molar-refractivity contribution in [2.24, 2.45) is 5.92 Å². The number of carboxylic acid groups (broad SMARTS) is 1. The smallest absolute Gasteiger partial charge is 0.460 e. The van der Waals surface area contributed by atoms with Crippen LogP contribution in [0.25, 0.3) is 0 Å². The summed E-state index contributed by atoms with van der Waals surface area (Å²) in [5.74, 6) is -23.3. The fraction of sp³-hybridized carbons (Fsp3) is 0.778. The van der Waals surface area contributed by atoms with Gasteiger partial charge in [0.25, 0.3) is 0 Å². The number of carboxylic acids is 1. The van der Waals surface area contributed by atoms with Crippen molar-refractivity contribution < 1.29 is 58.9 Å². The fourth-order valence-corrected chi connectivity index (χ4v) is 2.42. The molecule has 0 saturated heterocycles.